The van der Waals surface area contributed by atoms with Crippen LogP contribution >= 0.6 is 11.3 Å². The third kappa shape index (κ3) is 3.07. The Bertz CT molecular complexity index is 465. The largest absolute Gasteiger partial charge is 0.337 e. The van der Waals surface area contributed by atoms with Gasteiger partial charge in [0.25, 0.3) is 0 Å². The molecule has 1 amide bonds. The van der Waals surface area contributed by atoms with Gasteiger partial charge in [-0.3, -0.25) is 4.79 Å². The fraction of sp³-hybridized carbons (Fsp3) is 0.688. The summed E-state index contributed by atoms with van der Waals surface area (Å²) in [7, 11) is 0. The van der Waals surface area contributed by atoms with Gasteiger partial charge in [0.15, 0.2) is 0 Å². The van der Waals surface area contributed by atoms with Crippen LogP contribution in [0.1, 0.15) is 43.0 Å². The molecule has 20 heavy (non-hydrogen) atoms. The predicted octanol–water partition coefficient (Wildman–Crippen LogP) is 2.80. The van der Waals surface area contributed by atoms with Crippen molar-refractivity contribution in [2.24, 2.45) is 5.92 Å². The Kier molecular flexibility index (Phi) is 4.41. The van der Waals surface area contributed by atoms with Crippen LogP contribution in [-0.2, 0) is 17.8 Å². The number of carbonyl (C=O) groups excluding carboxylic acids is 1. The third-order valence-electron chi connectivity index (χ3n) is 4.84. The molecule has 1 aromatic heterocycles. The number of hydrogen-bond donors (Lipinski definition) is 1. The molecule has 1 atom stereocenters. The quantitative estimate of drug-likeness (QED) is 0.925. The summed E-state index contributed by atoms with van der Waals surface area (Å²) in [6, 6.07) is 2.64. The summed E-state index contributed by atoms with van der Waals surface area (Å²) in [4.78, 5) is 15.8. The molecule has 0 radical (unpaired) electrons. The van der Waals surface area contributed by atoms with E-state index in [1.165, 1.54) is 36.1 Å². The molecule has 1 N–H and O–H groups in total. The smallest absolute Gasteiger partial charge is 0.236 e. The van der Waals surface area contributed by atoms with E-state index in [2.05, 4.69) is 23.7 Å². The van der Waals surface area contributed by atoms with Crippen molar-refractivity contribution < 1.29 is 4.79 Å². The van der Waals surface area contributed by atoms with Crippen LogP contribution in [0.3, 0.4) is 0 Å². The SMILES string of the molecule is C[C@@H](NCC(=O)N1CCc2sccc2C1)C1CCCC1. The standard InChI is InChI=1S/C16H24N2OS/c1-12(13-4-2-3-5-13)17-10-16(19)18-8-6-15-14(11-18)7-9-20-15/h7,9,12-13,17H,2-6,8,10-11H2,1H3/t12-/m1/s1. The van der Waals surface area contributed by atoms with Crippen LogP contribution in [-0.4, -0.2) is 29.9 Å². The van der Waals surface area contributed by atoms with Crippen molar-refractivity contribution in [3.63, 3.8) is 0 Å². The first-order valence-electron chi connectivity index (χ1n) is 7.80. The maximum atomic E-state index is 12.3. The summed E-state index contributed by atoms with van der Waals surface area (Å²) in [5.41, 5.74) is 1.35. The maximum Gasteiger partial charge on any atom is 0.236 e. The highest BCUT2D eigenvalue weighted by molar-refractivity contribution is 7.10. The van der Waals surface area contributed by atoms with Crippen molar-refractivity contribution in [1.29, 1.82) is 0 Å². The van der Waals surface area contributed by atoms with Gasteiger partial charge in [-0.25, -0.2) is 0 Å². The molecule has 2 aliphatic rings. The zero-order valence-corrected chi connectivity index (χ0v) is 13.0. The zero-order chi connectivity index (χ0) is 13.9. The summed E-state index contributed by atoms with van der Waals surface area (Å²) in [6.07, 6.45) is 6.39. The van der Waals surface area contributed by atoms with Crippen LogP contribution < -0.4 is 5.32 Å². The number of thiophene rings is 1. The van der Waals surface area contributed by atoms with Gasteiger partial charge in [-0.05, 0) is 49.1 Å². The van der Waals surface area contributed by atoms with E-state index in [1.807, 2.05) is 16.2 Å². The normalized spacial score (nSPS) is 20.9. The number of rotatable bonds is 4. The molecule has 0 bridgehead atoms. The molecule has 1 aliphatic carbocycles. The van der Waals surface area contributed by atoms with Crippen LogP contribution in [0.25, 0.3) is 0 Å². The Hall–Kier alpha value is -0.870. The van der Waals surface area contributed by atoms with Gasteiger partial charge in [0, 0.05) is 24.0 Å². The zero-order valence-electron chi connectivity index (χ0n) is 12.2. The molecule has 0 aromatic carbocycles. The minimum absolute atomic E-state index is 0.256. The number of fused-ring (bicyclic) bond motifs is 1. The first-order chi connectivity index (χ1) is 9.74. The lowest BCUT2D eigenvalue weighted by molar-refractivity contribution is -0.131. The average molecular weight is 292 g/mol. The van der Waals surface area contributed by atoms with Gasteiger partial charge in [0.05, 0.1) is 6.54 Å². The molecule has 3 rings (SSSR count). The van der Waals surface area contributed by atoms with E-state index in [9.17, 15) is 4.79 Å². The molecule has 0 saturated heterocycles. The van der Waals surface area contributed by atoms with Crippen molar-refractivity contribution in [1.82, 2.24) is 10.2 Å². The van der Waals surface area contributed by atoms with E-state index in [0.717, 1.165) is 25.4 Å². The lowest BCUT2D eigenvalue weighted by Crippen LogP contribution is -2.44. The lowest BCUT2D eigenvalue weighted by atomic mass is 10.00. The molecule has 1 aliphatic heterocycles. The van der Waals surface area contributed by atoms with Gasteiger partial charge >= 0.3 is 0 Å². The maximum absolute atomic E-state index is 12.3. The third-order valence-corrected chi connectivity index (χ3v) is 5.87. The van der Waals surface area contributed by atoms with Crippen molar-refractivity contribution >= 4 is 17.2 Å². The predicted molar refractivity (Wildman–Crippen MR) is 82.9 cm³/mol. The molecular formula is C16H24N2OS. The minimum Gasteiger partial charge on any atom is -0.337 e. The summed E-state index contributed by atoms with van der Waals surface area (Å²) >= 11 is 1.82. The van der Waals surface area contributed by atoms with E-state index in [1.54, 1.807) is 0 Å². The Morgan fingerprint density at radius 1 is 1.50 bits per heavy atom. The van der Waals surface area contributed by atoms with E-state index in [4.69, 9.17) is 0 Å². The fourth-order valence-electron chi connectivity index (χ4n) is 3.45. The first kappa shape index (κ1) is 14.1. The van der Waals surface area contributed by atoms with Crippen molar-refractivity contribution in [3.05, 3.63) is 21.9 Å². The average Bonchev–Trinajstić information content (AvgIpc) is 3.13. The molecule has 0 spiro atoms. The lowest BCUT2D eigenvalue weighted by Gasteiger charge is -2.28. The van der Waals surface area contributed by atoms with E-state index in [-0.39, 0.29) is 5.91 Å². The van der Waals surface area contributed by atoms with Gasteiger partial charge in [-0.1, -0.05) is 12.8 Å². The molecule has 3 nitrogen and oxygen atoms in total. The number of amides is 1. The molecule has 1 fully saturated rings. The highest BCUT2D eigenvalue weighted by atomic mass is 32.1. The Morgan fingerprint density at radius 3 is 3.10 bits per heavy atom. The molecule has 4 heteroatoms. The summed E-state index contributed by atoms with van der Waals surface area (Å²) < 4.78 is 0. The monoisotopic (exact) mass is 292 g/mol. The molecule has 1 saturated carbocycles. The second-order valence-electron chi connectivity index (χ2n) is 6.15. The molecule has 2 heterocycles. The van der Waals surface area contributed by atoms with Crippen LogP contribution in [0.4, 0.5) is 0 Å². The molecule has 1 aromatic rings. The van der Waals surface area contributed by atoms with Crippen molar-refractivity contribution in [3.8, 4) is 0 Å². The van der Waals surface area contributed by atoms with Crippen LogP contribution in [0.2, 0.25) is 0 Å². The van der Waals surface area contributed by atoms with Crippen LogP contribution in [0.5, 0.6) is 0 Å². The van der Waals surface area contributed by atoms with Gasteiger partial charge in [0.2, 0.25) is 5.91 Å². The van der Waals surface area contributed by atoms with Crippen LogP contribution in [0.15, 0.2) is 11.4 Å². The molecule has 110 valence electrons. The summed E-state index contributed by atoms with van der Waals surface area (Å²) in [6.45, 7) is 4.41. The Balaban J connectivity index is 1.47. The highest BCUT2D eigenvalue weighted by Gasteiger charge is 2.24. The second kappa shape index (κ2) is 6.27. The van der Waals surface area contributed by atoms with E-state index >= 15 is 0 Å². The highest BCUT2D eigenvalue weighted by Crippen LogP contribution is 2.27. The first-order valence-corrected chi connectivity index (χ1v) is 8.68. The number of nitrogens with zero attached hydrogens (tertiary/aromatic N) is 1. The van der Waals surface area contributed by atoms with Gasteiger partial charge in [-0.2, -0.15) is 0 Å². The van der Waals surface area contributed by atoms with E-state index < -0.39 is 0 Å². The minimum atomic E-state index is 0.256. The number of carbonyl (C=O) groups is 1. The second-order valence-corrected chi connectivity index (χ2v) is 7.15. The Morgan fingerprint density at radius 2 is 2.30 bits per heavy atom. The number of hydrogen-bond acceptors (Lipinski definition) is 3. The summed E-state index contributed by atoms with van der Waals surface area (Å²) in [5, 5.41) is 5.59. The fourth-order valence-corrected chi connectivity index (χ4v) is 4.34. The summed E-state index contributed by atoms with van der Waals surface area (Å²) in [5.74, 6) is 1.03. The van der Waals surface area contributed by atoms with E-state index in [0.29, 0.717) is 12.6 Å². The number of nitrogens with one attached hydrogen (secondary N) is 1. The van der Waals surface area contributed by atoms with Gasteiger partial charge in [-0.15, -0.1) is 11.3 Å². The Labute approximate surface area is 125 Å². The van der Waals surface area contributed by atoms with Gasteiger partial charge in [0.1, 0.15) is 0 Å². The molecule has 0 unspecified atom stereocenters. The topological polar surface area (TPSA) is 32.3 Å². The van der Waals surface area contributed by atoms with Crippen molar-refractivity contribution in [2.75, 3.05) is 13.1 Å². The molecular weight excluding hydrogens is 268 g/mol. The van der Waals surface area contributed by atoms with Crippen molar-refractivity contribution in [2.45, 2.75) is 51.6 Å². The van der Waals surface area contributed by atoms with Gasteiger partial charge < -0.3 is 10.2 Å². The van der Waals surface area contributed by atoms with Crippen LogP contribution in [0, 0.1) is 5.92 Å².